The number of thiophene rings is 1. The number of hydrogen-bond acceptors (Lipinski definition) is 5. The minimum atomic E-state index is -0.948. The molecule has 1 aliphatic rings. The quantitative estimate of drug-likeness (QED) is 0.428. The highest BCUT2D eigenvalue weighted by Gasteiger charge is 2.17. The van der Waals surface area contributed by atoms with Crippen LogP contribution in [0.15, 0.2) is 48.1 Å². The van der Waals surface area contributed by atoms with Gasteiger partial charge in [-0.1, -0.05) is 24.3 Å². The Morgan fingerprint density at radius 3 is 2.73 bits per heavy atom. The zero-order chi connectivity index (χ0) is 20.7. The van der Waals surface area contributed by atoms with E-state index in [2.05, 4.69) is 38.9 Å². The van der Waals surface area contributed by atoms with Crippen LogP contribution in [0.4, 0.5) is 11.5 Å². The summed E-state index contributed by atoms with van der Waals surface area (Å²) in [6.45, 7) is 1.95. The molecule has 30 heavy (non-hydrogen) atoms. The summed E-state index contributed by atoms with van der Waals surface area (Å²) in [7, 11) is 0. The summed E-state index contributed by atoms with van der Waals surface area (Å²) in [6.07, 6.45) is 6.36. The summed E-state index contributed by atoms with van der Waals surface area (Å²) in [5.41, 5.74) is 7.12. The summed E-state index contributed by atoms with van der Waals surface area (Å²) in [4.78, 5) is 21.3. The van der Waals surface area contributed by atoms with E-state index in [0.717, 1.165) is 39.9 Å². The molecule has 150 valence electrons. The van der Waals surface area contributed by atoms with Crippen LogP contribution in [-0.4, -0.2) is 21.0 Å². The Hall–Kier alpha value is -3.25. The molecule has 0 aliphatic heterocycles. The Kier molecular flexibility index (Phi) is 4.71. The fourth-order valence-electron chi connectivity index (χ4n) is 4.10. The van der Waals surface area contributed by atoms with Crippen molar-refractivity contribution in [1.82, 2.24) is 9.97 Å². The van der Waals surface area contributed by atoms with Gasteiger partial charge in [0, 0.05) is 16.6 Å². The van der Waals surface area contributed by atoms with Crippen molar-refractivity contribution in [2.75, 3.05) is 5.32 Å². The third-order valence-corrected chi connectivity index (χ3v) is 6.65. The Morgan fingerprint density at radius 1 is 1.07 bits per heavy atom. The molecule has 6 heteroatoms. The minimum Gasteiger partial charge on any atom is -0.478 e. The molecule has 4 aromatic rings. The molecule has 0 amide bonds. The van der Waals surface area contributed by atoms with Crippen molar-refractivity contribution in [3.8, 4) is 11.1 Å². The van der Waals surface area contributed by atoms with Gasteiger partial charge in [0.2, 0.25) is 0 Å². The summed E-state index contributed by atoms with van der Waals surface area (Å²) in [5, 5.41) is 15.8. The van der Waals surface area contributed by atoms with E-state index in [1.165, 1.54) is 29.5 Å². The lowest BCUT2D eigenvalue weighted by Crippen LogP contribution is -2.02. The zero-order valence-electron chi connectivity index (χ0n) is 16.6. The number of carboxylic acid groups (broad SMARTS) is 1. The number of aromatic nitrogens is 2. The average molecular weight is 416 g/mol. The summed E-state index contributed by atoms with van der Waals surface area (Å²) in [5.74, 6) is -0.254. The van der Waals surface area contributed by atoms with Gasteiger partial charge in [0.15, 0.2) is 0 Å². The molecule has 0 spiro atoms. The van der Waals surface area contributed by atoms with Crippen LogP contribution in [0, 0.1) is 6.92 Å². The molecule has 1 aliphatic carbocycles. The van der Waals surface area contributed by atoms with Crippen LogP contribution in [0.3, 0.4) is 0 Å². The Bertz CT molecular complexity index is 1280. The third kappa shape index (κ3) is 3.33. The zero-order valence-corrected chi connectivity index (χ0v) is 17.4. The van der Waals surface area contributed by atoms with E-state index in [1.807, 2.05) is 13.0 Å². The molecule has 0 saturated heterocycles. The van der Waals surface area contributed by atoms with Crippen LogP contribution in [0.2, 0.25) is 0 Å². The van der Waals surface area contributed by atoms with E-state index in [-0.39, 0.29) is 5.56 Å². The highest BCUT2D eigenvalue weighted by atomic mass is 32.1. The van der Waals surface area contributed by atoms with Crippen LogP contribution in [0.25, 0.3) is 21.3 Å². The molecule has 2 heterocycles. The number of nitrogens with zero attached hydrogens (tertiary/aromatic N) is 2. The number of aryl methyl sites for hydroxylation is 3. The number of hydrogen-bond donors (Lipinski definition) is 2. The molecule has 2 aromatic carbocycles. The van der Waals surface area contributed by atoms with Crippen molar-refractivity contribution in [2.45, 2.75) is 32.6 Å². The first-order valence-electron chi connectivity index (χ1n) is 10.1. The lowest BCUT2D eigenvalue weighted by molar-refractivity contribution is 0.0697. The van der Waals surface area contributed by atoms with E-state index >= 15 is 0 Å². The number of carboxylic acids is 1. The summed E-state index contributed by atoms with van der Waals surface area (Å²) < 4.78 is 0. The van der Waals surface area contributed by atoms with E-state index in [4.69, 9.17) is 0 Å². The van der Waals surface area contributed by atoms with Gasteiger partial charge >= 0.3 is 5.97 Å². The van der Waals surface area contributed by atoms with Gasteiger partial charge in [0.1, 0.15) is 17.0 Å². The molecular formula is C24H21N3O2S. The van der Waals surface area contributed by atoms with Crippen molar-refractivity contribution in [3.05, 3.63) is 70.4 Å². The first-order chi connectivity index (χ1) is 14.6. The minimum absolute atomic E-state index is 0.244. The van der Waals surface area contributed by atoms with E-state index < -0.39 is 5.97 Å². The van der Waals surface area contributed by atoms with Crippen molar-refractivity contribution in [3.63, 3.8) is 0 Å². The van der Waals surface area contributed by atoms with Crippen molar-refractivity contribution >= 4 is 39.0 Å². The van der Waals surface area contributed by atoms with E-state index in [9.17, 15) is 9.90 Å². The second-order valence-electron chi connectivity index (χ2n) is 7.70. The van der Waals surface area contributed by atoms with Gasteiger partial charge in [0.05, 0.1) is 10.9 Å². The van der Waals surface area contributed by atoms with Crippen LogP contribution in [0.1, 0.15) is 39.9 Å². The monoisotopic (exact) mass is 415 g/mol. The number of anilines is 2. The Morgan fingerprint density at radius 2 is 1.90 bits per heavy atom. The number of nitrogens with one attached hydrogen (secondary N) is 1. The number of fused-ring (bicyclic) bond motifs is 2. The SMILES string of the molecule is Cc1ccc(C(=O)O)cc1Nc1ncnc2scc(-c3ccc4c(c3)CCCC4)c12. The van der Waals surface area contributed by atoms with Crippen LogP contribution >= 0.6 is 11.3 Å². The van der Waals surface area contributed by atoms with Gasteiger partial charge in [-0.25, -0.2) is 14.8 Å². The number of benzene rings is 2. The highest BCUT2D eigenvalue weighted by Crippen LogP contribution is 2.39. The molecule has 0 bridgehead atoms. The molecule has 2 N–H and O–H groups in total. The van der Waals surface area contributed by atoms with Gasteiger partial charge in [-0.15, -0.1) is 11.3 Å². The standard InChI is InChI=1S/C24H21N3O2S/c1-14-6-7-18(24(28)29)11-20(14)27-22-21-19(12-30-23(21)26-13-25-22)17-9-8-15-4-2-3-5-16(15)10-17/h6-13H,2-5H2,1H3,(H,28,29)(H,25,26,27). The van der Waals surface area contributed by atoms with Crippen molar-refractivity contribution in [2.24, 2.45) is 0 Å². The molecule has 0 saturated carbocycles. The van der Waals surface area contributed by atoms with Crippen LogP contribution < -0.4 is 5.32 Å². The Labute approximate surface area is 178 Å². The number of aromatic carboxylic acids is 1. The first kappa shape index (κ1) is 18.8. The lowest BCUT2D eigenvalue weighted by atomic mass is 9.89. The average Bonchev–Trinajstić information content (AvgIpc) is 3.20. The van der Waals surface area contributed by atoms with Crippen molar-refractivity contribution < 1.29 is 9.90 Å². The van der Waals surface area contributed by atoms with Crippen LogP contribution in [0.5, 0.6) is 0 Å². The molecule has 2 aromatic heterocycles. The maximum absolute atomic E-state index is 11.4. The second kappa shape index (κ2) is 7.54. The molecular weight excluding hydrogens is 394 g/mol. The van der Waals surface area contributed by atoms with Gasteiger partial charge < -0.3 is 10.4 Å². The molecule has 0 fully saturated rings. The highest BCUT2D eigenvalue weighted by molar-refractivity contribution is 7.17. The van der Waals surface area contributed by atoms with Crippen molar-refractivity contribution in [1.29, 1.82) is 0 Å². The van der Waals surface area contributed by atoms with Gasteiger partial charge in [-0.3, -0.25) is 0 Å². The second-order valence-corrected chi connectivity index (χ2v) is 8.56. The van der Waals surface area contributed by atoms with Gasteiger partial charge in [0.25, 0.3) is 0 Å². The third-order valence-electron chi connectivity index (χ3n) is 5.77. The normalized spacial score (nSPS) is 13.2. The number of rotatable bonds is 4. The fraction of sp³-hybridized carbons (Fsp3) is 0.208. The largest absolute Gasteiger partial charge is 0.478 e. The smallest absolute Gasteiger partial charge is 0.335 e. The fourth-order valence-corrected chi connectivity index (χ4v) is 5.02. The Balaban J connectivity index is 1.61. The van der Waals surface area contributed by atoms with Gasteiger partial charge in [-0.2, -0.15) is 0 Å². The molecule has 0 atom stereocenters. The van der Waals surface area contributed by atoms with E-state index in [0.29, 0.717) is 5.82 Å². The molecule has 5 rings (SSSR count). The molecule has 0 unspecified atom stereocenters. The topological polar surface area (TPSA) is 75.1 Å². The first-order valence-corrected chi connectivity index (χ1v) is 10.9. The van der Waals surface area contributed by atoms with Gasteiger partial charge in [-0.05, 0) is 67.0 Å². The predicted molar refractivity (Wildman–Crippen MR) is 121 cm³/mol. The maximum atomic E-state index is 11.4. The molecule has 0 radical (unpaired) electrons. The molecule has 5 nitrogen and oxygen atoms in total. The predicted octanol–water partition coefficient (Wildman–Crippen LogP) is 5.99. The summed E-state index contributed by atoms with van der Waals surface area (Å²) >= 11 is 1.60. The number of carbonyl (C=O) groups is 1. The maximum Gasteiger partial charge on any atom is 0.335 e. The van der Waals surface area contributed by atoms with E-state index in [1.54, 1.807) is 29.8 Å². The summed E-state index contributed by atoms with van der Waals surface area (Å²) in [6, 6.07) is 11.8. The van der Waals surface area contributed by atoms with Crippen LogP contribution in [-0.2, 0) is 12.8 Å². The lowest BCUT2D eigenvalue weighted by Gasteiger charge is -2.17.